The number of hydrogen-bond donors (Lipinski definition) is 0. The number of benzene rings is 4. The van der Waals surface area contributed by atoms with Gasteiger partial charge in [0.25, 0.3) is 0 Å². The van der Waals surface area contributed by atoms with Crippen LogP contribution >= 0.6 is 0 Å². The van der Waals surface area contributed by atoms with Crippen molar-refractivity contribution in [2.24, 2.45) is 0 Å². The van der Waals surface area contributed by atoms with Gasteiger partial charge in [0.2, 0.25) is 0 Å². The van der Waals surface area contributed by atoms with Crippen molar-refractivity contribution in [3.05, 3.63) is 106 Å². The van der Waals surface area contributed by atoms with E-state index in [0.717, 1.165) is 0 Å². The summed E-state index contributed by atoms with van der Waals surface area (Å²) in [5.74, 6) is 0.457. The first kappa shape index (κ1) is 21.7. The lowest BCUT2D eigenvalue weighted by Crippen LogP contribution is -2.15. The molecule has 0 heterocycles. The zero-order valence-corrected chi connectivity index (χ0v) is 21.0. The highest BCUT2D eigenvalue weighted by atomic mass is 14.4. The number of rotatable bonds is 3. The molecule has 0 amide bonds. The van der Waals surface area contributed by atoms with Gasteiger partial charge in [0, 0.05) is 5.41 Å². The summed E-state index contributed by atoms with van der Waals surface area (Å²) in [6.45, 7) is 15.9. The van der Waals surface area contributed by atoms with E-state index in [1.54, 1.807) is 0 Å². The van der Waals surface area contributed by atoms with Crippen LogP contribution in [0.2, 0.25) is 0 Å². The molecular formula is C33H34. The van der Waals surface area contributed by atoms with Crippen LogP contribution in [0.25, 0.3) is 33.4 Å². The normalized spacial score (nSPS) is 13.8. The van der Waals surface area contributed by atoms with Gasteiger partial charge in [0.1, 0.15) is 0 Å². The molecule has 0 heteroatoms. The summed E-state index contributed by atoms with van der Waals surface area (Å²) >= 11 is 0. The van der Waals surface area contributed by atoms with Gasteiger partial charge in [-0.15, -0.1) is 0 Å². The van der Waals surface area contributed by atoms with Crippen LogP contribution in [0.4, 0.5) is 0 Å². The van der Waals surface area contributed by atoms with Crippen molar-refractivity contribution in [2.75, 3.05) is 0 Å². The van der Waals surface area contributed by atoms with Crippen LogP contribution in [-0.4, -0.2) is 0 Å². The topological polar surface area (TPSA) is 0 Å². The number of aryl methyl sites for hydroxylation is 3. The van der Waals surface area contributed by atoms with Crippen molar-refractivity contribution in [1.29, 1.82) is 0 Å². The van der Waals surface area contributed by atoms with Gasteiger partial charge in [-0.2, -0.15) is 0 Å². The molecular weight excluding hydrogens is 396 g/mol. The van der Waals surface area contributed by atoms with E-state index in [-0.39, 0.29) is 5.41 Å². The molecule has 0 bridgehead atoms. The second kappa shape index (κ2) is 7.73. The van der Waals surface area contributed by atoms with Gasteiger partial charge in [-0.1, -0.05) is 106 Å². The Bertz CT molecular complexity index is 1380. The average Bonchev–Trinajstić information content (AvgIpc) is 2.99. The predicted octanol–water partition coefficient (Wildman–Crippen LogP) is 9.38. The second-order valence-electron chi connectivity index (χ2n) is 10.7. The molecule has 0 atom stereocenters. The molecule has 0 spiro atoms. The summed E-state index contributed by atoms with van der Waals surface area (Å²) < 4.78 is 0. The van der Waals surface area contributed by atoms with Gasteiger partial charge in [-0.3, -0.25) is 0 Å². The fourth-order valence-electron chi connectivity index (χ4n) is 5.61. The Labute approximate surface area is 199 Å². The molecule has 0 saturated heterocycles. The molecule has 166 valence electrons. The van der Waals surface area contributed by atoms with E-state index in [9.17, 15) is 0 Å². The van der Waals surface area contributed by atoms with Gasteiger partial charge in [-0.05, 0) is 88.4 Å². The standard InChI is InChI=1S/C33H34/c1-20(2)30-18-24(10-14-27(30)26-12-8-21(3)16-23(26)5)25-11-15-29-28-13-9-22(4)17-31(28)33(6,7)32(29)19-25/h8-20H,1-7H3. The van der Waals surface area contributed by atoms with Crippen LogP contribution in [0.3, 0.4) is 0 Å². The zero-order valence-electron chi connectivity index (χ0n) is 21.0. The third-order valence-electron chi connectivity index (χ3n) is 7.51. The predicted molar refractivity (Wildman–Crippen MR) is 143 cm³/mol. The van der Waals surface area contributed by atoms with Gasteiger partial charge < -0.3 is 0 Å². The molecule has 0 saturated carbocycles. The molecule has 5 rings (SSSR count). The lowest BCUT2D eigenvalue weighted by molar-refractivity contribution is 0.660. The zero-order chi connectivity index (χ0) is 23.5. The van der Waals surface area contributed by atoms with Gasteiger partial charge >= 0.3 is 0 Å². The van der Waals surface area contributed by atoms with Crippen molar-refractivity contribution < 1.29 is 0 Å². The molecule has 0 aromatic heterocycles. The summed E-state index contributed by atoms with van der Waals surface area (Å²) in [6, 6.07) is 27.8. The molecule has 0 fully saturated rings. The van der Waals surface area contributed by atoms with Crippen molar-refractivity contribution in [1.82, 2.24) is 0 Å². The Morgan fingerprint density at radius 3 is 1.70 bits per heavy atom. The third-order valence-corrected chi connectivity index (χ3v) is 7.51. The Morgan fingerprint density at radius 1 is 0.545 bits per heavy atom. The lowest BCUT2D eigenvalue weighted by Gasteiger charge is -2.22. The quantitative estimate of drug-likeness (QED) is 0.304. The fraction of sp³-hybridized carbons (Fsp3) is 0.273. The molecule has 0 unspecified atom stereocenters. The molecule has 1 aliphatic carbocycles. The summed E-state index contributed by atoms with van der Waals surface area (Å²) in [5.41, 5.74) is 16.4. The number of hydrogen-bond acceptors (Lipinski definition) is 0. The van der Waals surface area contributed by atoms with E-state index >= 15 is 0 Å². The Balaban J connectivity index is 1.62. The highest BCUT2D eigenvalue weighted by molar-refractivity contribution is 5.84. The van der Waals surface area contributed by atoms with Crippen LogP contribution in [0, 0.1) is 20.8 Å². The van der Waals surface area contributed by atoms with Crippen molar-refractivity contribution >= 4 is 0 Å². The third kappa shape index (κ3) is 3.53. The number of fused-ring (bicyclic) bond motifs is 3. The Hall–Kier alpha value is -3.12. The average molecular weight is 431 g/mol. The van der Waals surface area contributed by atoms with Crippen molar-refractivity contribution in [2.45, 2.75) is 59.8 Å². The van der Waals surface area contributed by atoms with Gasteiger partial charge in [0.15, 0.2) is 0 Å². The monoisotopic (exact) mass is 430 g/mol. The maximum atomic E-state index is 2.43. The lowest BCUT2D eigenvalue weighted by atomic mass is 9.81. The van der Waals surface area contributed by atoms with Crippen LogP contribution < -0.4 is 0 Å². The molecule has 4 aromatic rings. The molecule has 0 radical (unpaired) electrons. The summed E-state index contributed by atoms with van der Waals surface area (Å²) in [6.07, 6.45) is 0. The van der Waals surface area contributed by atoms with Crippen LogP contribution in [0.5, 0.6) is 0 Å². The summed E-state index contributed by atoms with van der Waals surface area (Å²) in [4.78, 5) is 0. The van der Waals surface area contributed by atoms with E-state index in [0.29, 0.717) is 5.92 Å². The smallest absolute Gasteiger partial charge is 0.0159 e. The van der Waals surface area contributed by atoms with Crippen molar-refractivity contribution in [3.8, 4) is 33.4 Å². The van der Waals surface area contributed by atoms with Crippen LogP contribution in [0.15, 0.2) is 72.8 Å². The van der Waals surface area contributed by atoms with Crippen molar-refractivity contribution in [3.63, 3.8) is 0 Å². The molecule has 33 heavy (non-hydrogen) atoms. The molecule has 0 aliphatic heterocycles. The molecule has 1 aliphatic rings. The van der Waals surface area contributed by atoms with E-state index in [1.165, 1.54) is 66.8 Å². The Kier molecular flexibility index (Phi) is 5.09. The highest BCUT2D eigenvalue weighted by Gasteiger charge is 2.35. The first-order valence-electron chi connectivity index (χ1n) is 12.1. The highest BCUT2D eigenvalue weighted by Crippen LogP contribution is 2.50. The summed E-state index contributed by atoms with van der Waals surface area (Å²) in [7, 11) is 0. The minimum atomic E-state index is 0.0204. The largest absolute Gasteiger partial charge is 0.0587 e. The van der Waals surface area contributed by atoms with E-state index < -0.39 is 0 Å². The Morgan fingerprint density at radius 2 is 1.06 bits per heavy atom. The van der Waals surface area contributed by atoms with Crippen LogP contribution in [0.1, 0.15) is 67.0 Å². The molecule has 0 N–H and O–H groups in total. The first-order chi connectivity index (χ1) is 15.7. The van der Waals surface area contributed by atoms with Crippen LogP contribution in [-0.2, 0) is 5.41 Å². The van der Waals surface area contributed by atoms with Gasteiger partial charge in [0.05, 0.1) is 0 Å². The van der Waals surface area contributed by atoms with Gasteiger partial charge in [-0.25, -0.2) is 0 Å². The minimum Gasteiger partial charge on any atom is -0.0587 e. The molecule has 0 nitrogen and oxygen atoms in total. The van der Waals surface area contributed by atoms with E-state index in [4.69, 9.17) is 0 Å². The van der Waals surface area contributed by atoms with E-state index in [1.807, 2.05) is 0 Å². The first-order valence-corrected chi connectivity index (χ1v) is 12.1. The minimum absolute atomic E-state index is 0.0204. The maximum absolute atomic E-state index is 2.43. The summed E-state index contributed by atoms with van der Waals surface area (Å²) in [5, 5.41) is 0. The fourth-order valence-corrected chi connectivity index (χ4v) is 5.61. The molecule has 4 aromatic carbocycles. The second-order valence-corrected chi connectivity index (χ2v) is 10.7. The van der Waals surface area contributed by atoms with E-state index in [2.05, 4.69) is 121 Å². The SMILES string of the molecule is Cc1ccc(-c2ccc(-c3ccc4c(c3)C(C)(C)c3cc(C)ccc3-4)cc2C(C)C)c(C)c1. The maximum Gasteiger partial charge on any atom is 0.0159 e.